The van der Waals surface area contributed by atoms with E-state index in [9.17, 15) is 18.9 Å². The second kappa shape index (κ2) is 2.68. The minimum atomic E-state index is -1.39. The van der Waals surface area contributed by atoms with Crippen molar-refractivity contribution in [3.63, 3.8) is 0 Å². The highest BCUT2D eigenvalue weighted by Gasteiger charge is 2.22. The SMILES string of the molecule is Nc1c(F)cnc(F)c1[N+](=O)[O-]. The molecule has 64 valence electrons. The van der Waals surface area contributed by atoms with Crippen LogP contribution >= 0.6 is 0 Å². The van der Waals surface area contributed by atoms with Crippen LogP contribution in [0.1, 0.15) is 0 Å². The van der Waals surface area contributed by atoms with E-state index in [0.29, 0.717) is 6.20 Å². The molecule has 5 nitrogen and oxygen atoms in total. The Balaban J connectivity index is 3.43. The van der Waals surface area contributed by atoms with Gasteiger partial charge in [0, 0.05) is 0 Å². The van der Waals surface area contributed by atoms with Crippen LogP contribution in [0.5, 0.6) is 0 Å². The molecule has 1 aromatic rings. The quantitative estimate of drug-likeness (QED) is 0.389. The van der Waals surface area contributed by atoms with Crippen molar-refractivity contribution in [2.45, 2.75) is 0 Å². The maximum atomic E-state index is 12.5. The third-order valence-electron chi connectivity index (χ3n) is 1.18. The first kappa shape index (κ1) is 8.31. The fourth-order valence-electron chi connectivity index (χ4n) is 0.642. The molecule has 0 atom stereocenters. The van der Waals surface area contributed by atoms with Crippen molar-refractivity contribution in [3.8, 4) is 0 Å². The van der Waals surface area contributed by atoms with E-state index < -0.39 is 28.1 Å². The number of nitrogens with two attached hydrogens (primary N) is 1. The largest absolute Gasteiger partial charge is 0.391 e. The average Bonchev–Trinajstić information content (AvgIpc) is 1.97. The molecule has 0 spiro atoms. The van der Waals surface area contributed by atoms with Crippen molar-refractivity contribution < 1.29 is 13.7 Å². The number of hydrogen-bond acceptors (Lipinski definition) is 4. The van der Waals surface area contributed by atoms with E-state index in [1.54, 1.807) is 0 Å². The summed E-state index contributed by atoms with van der Waals surface area (Å²) in [7, 11) is 0. The number of nitrogen functional groups attached to an aromatic ring is 1. The molecule has 0 aromatic carbocycles. The summed E-state index contributed by atoms with van der Waals surface area (Å²) in [6, 6.07) is 0. The van der Waals surface area contributed by atoms with Gasteiger partial charge in [0.2, 0.25) is 0 Å². The Morgan fingerprint density at radius 2 is 2.17 bits per heavy atom. The Kier molecular flexibility index (Phi) is 1.86. The van der Waals surface area contributed by atoms with Crippen LogP contribution < -0.4 is 5.73 Å². The van der Waals surface area contributed by atoms with Crippen molar-refractivity contribution in [1.29, 1.82) is 0 Å². The highest BCUT2D eigenvalue weighted by molar-refractivity contribution is 5.57. The van der Waals surface area contributed by atoms with Crippen LogP contribution in [-0.4, -0.2) is 9.91 Å². The summed E-state index contributed by atoms with van der Waals surface area (Å²) in [5.74, 6) is -2.50. The lowest BCUT2D eigenvalue weighted by Gasteiger charge is -1.97. The van der Waals surface area contributed by atoms with Crippen LogP contribution in [0.15, 0.2) is 6.20 Å². The maximum Gasteiger partial charge on any atom is 0.349 e. The number of rotatable bonds is 1. The van der Waals surface area contributed by atoms with Gasteiger partial charge >= 0.3 is 5.69 Å². The first-order valence-corrected chi connectivity index (χ1v) is 2.78. The minimum Gasteiger partial charge on any atom is -0.391 e. The normalized spacial score (nSPS) is 9.83. The number of nitro groups is 1. The van der Waals surface area contributed by atoms with E-state index >= 15 is 0 Å². The summed E-state index contributed by atoms with van der Waals surface area (Å²) in [6.45, 7) is 0. The number of nitrogens with zero attached hydrogens (tertiary/aromatic N) is 2. The molecule has 0 saturated carbocycles. The summed E-state index contributed by atoms with van der Waals surface area (Å²) in [6.07, 6.45) is 0.484. The second-order valence-electron chi connectivity index (χ2n) is 1.92. The Bertz CT molecular complexity index is 342. The molecule has 12 heavy (non-hydrogen) atoms. The van der Waals surface area contributed by atoms with Gasteiger partial charge in [-0.1, -0.05) is 0 Å². The molecule has 0 aliphatic rings. The third kappa shape index (κ3) is 1.16. The average molecular weight is 175 g/mol. The monoisotopic (exact) mass is 175 g/mol. The van der Waals surface area contributed by atoms with Gasteiger partial charge in [0.1, 0.15) is 0 Å². The standard InChI is InChI=1S/C5H3F2N3O2/c6-2-1-9-5(7)4(3(2)8)10(11)12/h1H,(H2,8,9). The van der Waals surface area contributed by atoms with E-state index in [0.717, 1.165) is 0 Å². The zero-order chi connectivity index (χ0) is 9.30. The van der Waals surface area contributed by atoms with Gasteiger partial charge in [0.25, 0.3) is 5.95 Å². The molecule has 7 heteroatoms. The molecule has 0 fully saturated rings. The van der Waals surface area contributed by atoms with Gasteiger partial charge in [-0.3, -0.25) is 10.1 Å². The smallest absolute Gasteiger partial charge is 0.349 e. The third-order valence-corrected chi connectivity index (χ3v) is 1.18. The Hall–Kier alpha value is -1.79. The predicted molar refractivity (Wildman–Crippen MR) is 35.2 cm³/mol. The molecule has 0 radical (unpaired) electrons. The molecular formula is C5H3F2N3O2. The number of pyridine rings is 1. The van der Waals surface area contributed by atoms with E-state index in [2.05, 4.69) is 4.98 Å². The van der Waals surface area contributed by atoms with Crippen LogP contribution in [0.4, 0.5) is 20.2 Å². The molecular weight excluding hydrogens is 172 g/mol. The van der Waals surface area contributed by atoms with Crippen molar-refractivity contribution >= 4 is 11.4 Å². The zero-order valence-electron chi connectivity index (χ0n) is 5.62. The van der Waals surface area contributed by atoms with Gasteiger partial charge in [0.15, 0.2) is 11.5 Å². The van der Waals surface area contributed by atoms with Gasteiger partial charge in [-0.25, -0.2) is 9.37 Å². The Morgan fingerprint density at radius 1 is 1.58 bits per heavy atom. The number of hydrogen-bond donors (Lipinski definition) is 1. The summed E-state index contributed by atoms with van der Waals surface area (Å²) >= 11 is 0. The highest BCUT2D eigenvalue weighted by atomic mass is 19.1. The van der Waals surface area contributed by atoms with E-state index in [-0.39, 0.29) is 0 Å². The van der Waals surface area contributed by atoms with Crippen LogP contribution in [0.25, 0.3) is 0 Å². The van der Waals surface area contributed by atoms with Gasteiger partial charge in [0.05, 0.1) is 11.1 Å². The van der Waals surface area contributed by atoms with Crippen LogP contribution in [0.3, 0.4) is 0 Å². The highest BCUT2D eigenvalue weighted by Crippen LogP contribution is 2.24. The van der Waals surface area contributed by atoms with Gasteiger partial charge in [-0.15, -0.1) is 0 Å². The summed E-state index contributed by atoms with van der Waals surface area (Å²) in [4.78, 5) is 11.7. The molecule has 1 aromatic heterocycles. The molecule has 0 unspecified atom stereocenters. The maximum absolute atomic E-state index is 12.5. The first-order valence-electron chi connectivity index (χ1n) is 2.78. The van der Waals surface area contributed by atoms with Crippen molar-refractivity contribution in [3.05, 3.63) is 28.1 Å². The number of anilines is 1. The van der Waals surface area contributed by atoms with E-state index in [1.807, 2.05) is 0 Å². The summed E-state index contributed by atoms with van der Waals surface area (Å²) in [5, 5.41) is 10.1. The number of halogens is 2. The molecule has 0 amide bonds. The fourth-order valence-corrected chi connectivity index (χ4v) is 0.642. The topological polar surface area (TPSA) is 82.0 Å². The molecule has 2 N–H and O–H groups in total. The zero-order valence-corrected chi connectivity index (χ0v) is 5.62. The van der Waals surface area contributed by atoms with Crippen LogP contribution in [0, 0.1) is 21.9 Å². The molecule has 1 rings (SSSR count). The van der Waals surface area contributed by atoms with Crippen LogP contribution in [-0.2, 0) is 0 Å². The van der Waals surface area contributed by atoms with Gasteiger partial charge in [-0.2, -0.15) is 4.39 Å². The van der Waals surface area contributed by atoms with Crippen molar-refractivity contribution in [2.75, 3.05) is 5.73 Å². The lowest BCUT2D eigenvalue weighted by atomic mass is 10.3. The fraction of sp³-hybridized carbons (Fsp3) is 0. The van der Waals surface area contributed by atoms with E-state index in [1.165, 1.54) is 0 Å². The Labute approximate surface area is 65.0 Å². The van der Waals surface area contributed by atoms with Crippen molar-refractivity contribution in [1.82, 2.24) is 4.98 Å². The predicted octanol–water partition coefficient (Wildman–Crippen LogP) is 0.850. The lowest BCUT2D eigenvalue weighted by molar-refractivity contribution is -0.387. The molecule has 0 aliphatic heterocycles. The molecule has 0 bridgehead atoms. The molecule has 0 saturated heterocycles. The summed E-state index contributed by atoms with van der Waals surface area (Å²) < 4.78 is 24.9. The minimum absolute atomic E-state index is 0.484. The summed E-state index contributed by atoms with van der Waals surface area (Å²) in [5.41, 5.74) is 2.92. The molecule has 0 aliphatic carbocycles. The van der Waals surface area contributed by atoms with E-state index in [4.69, 9.17) is 5.73 Å². The second-order valence-corrected chi connectivity index (χ2v) is 1.92. The van der Waals surface area contributed by atoms with Gasteiger partial charge in [-0.05, 0) is 0 Å². The molecule has 1 heterocycles. The lowest BCUT2D eigenvalue weighted by Crippen LogP contribution is -2.03. The number of aromatic nitrogens is 1. The van der Waals surface area contributed by atoms with Crippen molar-refractivity contribution in [2.24, 2.45) is 0 Å². The van der Waals surface area contributed by atoms with Gasteiger partial charge < -0.3 is 5.73 Å². The van der Waals surface area contributed by atoms with Crippen LogP contribution in [0.2, 0.25) is 0 Å². The Morgan fingerprint density at radius 3 is 2.58 bits per heavy atom. The first-order chi connectivity index (χ1) is 5.54.